The number of imidazole rings is 1. The molecule has 102 valence electrons. The van der Waals surface area contributed by atoms with Gasteiger partial charge >= 0.3 is 0 Å². The highest BCUT2D eigenvalue weighted by Crippen LogP contribution is 2.33. The van der Waals surface area contributed by atoms with E-state index in [2.05, 4.69) is 23.4 Å². The van der Waals surface area contributed by atoms with Crippen LogP contribution in [0.1, 0.15) is 38.6 Å². The number of hydrogen-bond donors (Lipinski definition) is 1. The van der Waals surface area contributed by atoms with Crippen LogP contribution in [0.5, 0.6) is 0 Å². The van der Waals surface area contributed by atoms with Gasteiger partial charge in [0.2, 0.25) is 0 Å². The number of hydrogen-bond acceptors (Lipinski definition) is 2. The largest absolute Gasteiger partial charge is 0.327 e. The van der Waals surface area contributed by atoms with Crippen LogP contribution in [0, 0.1) is 11.7 Å². The molecule has 0 radical (unpaired) electrons. The SMILES string of the molecule is CC(C)n1c(CC(N)C2CC2)nc2cc(F)ccc21. The summed E-state index contributed by atoms with van der Waals surface area (Å²) < 4.78 is 15.5. The minimum atomic E-state index is -0.237. The summed E-state index contributed by atoms with van der Waals surface area (Å²) in [4.78, 5) is 4.59. The Morgan fingerprint density at radius 2 is 2.16 bits per heavy atom. The topological polar surface area (TPSA) is 43.8 Å². The lowest BCUT2D eigenvalue weighted by atomic mass is 10.1. The molecule has 1 fully saturated rings. The van der Waals surface area contributed by atoms with Crippen molar-refractivity contribution in [3.8, 4) is 0 Å². The Labute approximate surface area is 112 Å². The summed E-state index contributed by atoms with van der Waals surface area (Å²) in [7, 11) is 0. The average molecular weight is 261 g/mol. The van der Waals surface area contributed by atoms with Gasteiger partial charge in [0.05, 0.1) is 11.0 Å². The van der Waals surface area contributed by atoms with Crippen LogP contribution >= 0.6 is 0 Å². The second kappa shape index (κ2) is 4.60. The lowest BCUT2D eigenvalue weighted by Crippen LogP contribution is -2.27. The molecule has 0 saturated heterocycles. The molecule has 1 aliphatic carbocycles. The van der Waals surface area contributed by atoms with E-state index in [9.17, 15) is 4.39 Å². The summed E-state index contributed by atoms with van der Waals surface area (Å²) in [5, 5.41) is 0. The molecule has 0 amide bonds. The van der Waals surface area contributed by atoms with Gasteiger partial charge in [0.1, 0.15) is 11.6 Å². The zero-order valence-electron chi connectivity index (χ0n) is 11.4. The number of halogens is 1. The zero-order valence-corrected chi connectivity index (χ0v) is 11.4. The van der Waals surface area contributed by atoms with Crippen LogP contribution in [-0.4, -0.2) is 15.6 Å². The summed E-state index contributed by atoms with van der Waals surface area (Å²) in [6.07, 6.45) is 3.24. The van der Waals surface area contributed by atoms with Crippen LogP contribution in [0.2, 0.25) is 0 Å². The van der Waals surface area contributed by atoms with Crippen LogP contribution in [0.15, 0.2) is 18.2 Å². The van der Waals surface area contributed by atoms with Crippen LogP contribution in [0.3, 0.4) is 0 Å². The zero-order chi connectivity index (χ0) is 13.6. The fourth-order valence-electron chi connectivity index (χ4n) is 2.74. The molecule has 0 aliphatic heterocycles. The van der Waals surface area contributed by atoms with E-state index < -0.39 is 0 Å². The Morgan fingerprint density at radius 3 is 2.79 bits per heavy atom. The van der Waals surface area contributed by atoms with Crippen molar-refractivity contribution in [1.82, 2.24) is 9.55 Å². The third-order valence-electron chi connectivity index (χ3n) is 3.89. The van der Waals surface area contributed by atoms with E-state index in [0.717, 1.165) is 23.3 Å². The van der Waals surface area contributed by atoms with E-state index in [4.69, 9.17) is 5.73 Å². The first-order valence-corrected chi connectivity index (χ1v) is 6.98. The van der Waals surface area contributed by atoms with Crippen LogP contribution < -0.4 is 5.73 Å². The Morgan fingerprint density at radius 1 is 1.42 bits per heavy atom. The number of benzene rings is 1. The van der Waals surface area contributed by atoms with Crippen molar-refractivity contribution in [2.24, 2.45) is 11.7 Å². The minimum Gasteiger partial charge on any atom is -0.327 e. The van der Waals surface area contributed by atoms with Gasteiger partial charge in [0.15, 0.2) is 0 Å². The van der Waals surface area contributed by atoms with Crippen LogP contribution in [0.4, 0.5) is 4.39 Å². The van der Waals surface area contributed by atoms with Crippen molar-refractivity contribution in [3.05, 3.63) is 29.8 Å². The molecule has 1 unspecified atom stereocenters. The molecule has 2 N–H and O–H groups in total. The number of nitrogens with zero attached hydrogens (tertiary/aromatic N) is 2. The van der Waals surface area contributed by atoms with Gasteiger partial charge in [-0.25, -0.2) is 9.37 Å². The Kier molecular flexibility index (Phi) is 3.05. The standard InChI is InChI=1S/C15H20FN3/c1-9(2)19-14-6-5-11(16)7-13(14)18-15(19)8-12(17)10-3-4-10/h5-7,9-10,12H,3-4,8,17H2,1-2H3. The predicted octanol–water partition coefficient (Wildman–Crippen LogP) is 3.04. The Hall–Kier alpha value is -1.42. The molecule has 0 spiro atoms. The van der Waals surface area contributed by atoms with E-state index >= 15 is 0 Å². The van der Waals surface area contributed by atoms with Crippen LogP contribution in [0.25, 0.3) is 11.0 Å². The first kappa shape index (κ1) is 12.6. The number of rotatable bonds is 4. The quantitative estimate of drug-likeness (QED) is 0.919. The second-order valence-corrected chi connectivity index (χ2v) is 5.83. The first-order chi connectivity index (χ1) is 9.06. The minimum absolute atomic E-state index is 0.180. The Balaban J connectivity index is 2.03. The smallest absolute Gasteiger partial charge is 0.125 e. The van der Waals surface area contributed by atoms with Crippen molar-refractivity contribution in [2.75, 3.05) is 0 Å². The van der Waals surface area contributed by atoms with Gasteiger partial charge in [-0.15, -0.1) is 0 Å². The van der Waals surface area contributed by atoms with Crippen molar-refractivity contribution >= 4 is 11.0 Å². The maximum Gasteiger partial charge on any atom is 0.125 e. The van der Waals surface area contributed by atoms with Gasteiger partial charge < -0.3 is 10.3 Å². The van der Waals surface area contributed by atoms with E-state index in [1.807, 2.05) is 6.07 Å². The molecule has 0 bridgehead atoms. The molecule has 19 heavy (non-hydrogen) atoms. The fraction of sp³-hybridized carbons (Fsp3) is 0.533. The molecule has 3 rings (SSSR count). The number of fused-ring (bicyclic) bond motifs is 1. The lowest BCUT2D eigenvalue weighted by molar-refractivity contribution is 0.526. The third-order valence-corrected chi connectivity index (χ3v) is 3.89. The van der Waals surface area contributed by atoms with Gasteiger partial charge in [-0.1, -0.05) is 0 Å². The van der Waals surface area contributed by atoms with Crippen molar-refractivity contribution in [2.45, 2.75) is 45.2 Å². The fourth-order valence-corrected chi connectivity index (χ4v) is 2.74. The van der Waals surface area contributed by atoms with E-state index in [-0.39, 0.29) is 11.9 Å². The van der Waals surface area contributed by atoms with Crippen molar-refractivity contribution in [3.63, 3.8) is 0 Å². The molecule has 1 saturated carbocycles. The summed E-state index contributed by atoms with van der Waals surface area (Å²) >= 11 is 0. The summed E-state index contributed by atoms with van der Waals surface area (Å²) in [5.74, 6) is 1.39. The van der Waals surface area contributed by atoms with Gasteiger partial charge in [-0.05, 0) is 44.7 Å². The second-order valence-electron chi connectivity index (χ2n) is 5.83. The highest BCUT2D eigenvalue weighted by molar-refractivity contribution is 5.76. The molecule has 1 atom stereocenters. The molecule has 2 aromatic rings. The average Bonchev–Trinajstić information content (AvgIpc) is 3.11. The van der Waals surface area contributed by atoms with E-state index in [1.165, 1.54) is 25.0 Å². The van der Waals surface area contributed by atoms with E-state index in [1.54, 1.807) is 0 Å². The lowest BCUT2D eigenvalue weighted by Gasteiger charge is -2.15. The maximum absolute atomic E-state index is 13.3. The Bertz CT molecular complexity index is 599. The normalized spacial score (nSPS) is 17.3. The molecule has 4 heteroatoms. The molecule has 1 heterocycles. The third kappa shape index (κ3) is 2.37. The highest BCUT2D eigenvalue weighted by Gasteiger charge is 2.30. The molecule has 1 aromatic carbocycles. The summed E-state index contributed by atoms with van der Waals surface area (Å²) in [5.41, 5.74) is 7.93. The van der Waals surface area contributed by atoms with Gasteiger partial charge in [0, 0.05) is 24.6 Å². The number of nitrogens with two attached hydrogens (primary N) is 1. The molecule has 3 nitrogen and oxygen atoms in total. The molecular formula is C15H20FN3. The molecule has 1 aromatic heterocycles. The van der Waals surface area contributed by atoms with E-state index in [0.29, 0.717) is 12.0 Å². The summed E-state index contributed by atoms with van der Waals surface area (Å²) in [6.45, 7) is 4.24. The van der Waals surface area contributed by atoms with Gasteiger partial charge in [0.25, 0.3) is 0 Å². The molecular weight excluding hydrogens is 241 g/mol. The molecule has 1 aliphatic rings. The van der Waals surface area contributed by atoms with Crippen LogP contribution in [-0.2, 0) is 6.42 Å². The number of aromatic nitrogens is 2. The maximum atomic E-state index is 13.3. The summed E-state index contributed by atoms with van der Waals surface area (Å²) in [6, 6.07) is 5.29. The highest BCUT2D eigenvalue weighted by atomic mass is 19.1. The van der Waals surface area contributed by atoms with Crippen molar-refractivity contribution < 1.29 is 4.39 Å². The predicted molar refractivity (Wildman–Crippen MR) is 74.5 cm³/mol. The van der Waals surface area contributed by atoms with Gasteiger partial charge in [-0.3, -0.25) is 0 Å². The van der Waals surface area contributed by atoms with Gasteiger partial charge in [-0.2, -0.15) is 0 Å². The monoisotopic (exact) mass is 261 g/mol. The first-order valence-electron chi connectivity index (χ1n) is 6.98. The van der Waals surface area contributed by atoms with Crippen molar-refractivity contribution in [1.29, 1.82) is 0 Å².